The van der Waals surface area contributed by atoms with Crippen molar-refractivity contribution in [1.29, 1.82) is 0 Å². The van der Waals surface area contributed by atoms with E-state index in [1.54, 1.807) is 0 Å². The Bertz CT molecular complexity index is 335. The van der Waals surface area contributed by atoms with Crippen molar-refractivity contribution < 1.29 is 9.59 Å². The molecule has 2 amide bonds. The molecule has 0 spiro atoms. The third-order valence-corrected chi connectivity index (χ3v) is 3.74. The van der Waals surface area contributed by atoms with Gasteiger partial charge in [0.2, 0.25) is 11.8 Å². The first-order valence-corrected chi connectivity index (χ1v) is 6.22. The summed E-state index contributed by atoms with van der Waals surface area (Å²) >= 11 is 0. The number of fused-ring (bicyclic) bond motifs is 1. The Morgan fingerprint density at radius 3 is 2.69 bits per heavy atom. The minimum absolute atomic E-state index is 0.0444. The summed E-state index contributed by atoms with van der Waals surface area (Å²) in [7, 11) is 0. The van der Waals surface area contributed by atoms with Gasteiger partial charge in [-0.3, -0.25) is 14.5 Å². The van der Waals surface area contributed by atoms with E-state index < -0.39 is 0 Å². The summed E-state index contributed by atoms with van der Waals surface area (Å²) in [5.74, 6) is 0.228. The van der Waals surface area contributed by atoms with E-state index in [2.05, 4.69) is 19.1 Å². The van der Waals surface area contributed by atoms with Gasteiger partial charge in [0.05, 0.1) is 11.8 Å². The highest BCUT2D eigenvalue weighted by Crippen LogP contribution is 2.40. The maximum absolute atomic E-state index is 12.1. The zero-order valence-electron chi connectivity index (χ0n) is 9.98. The van der Waals surface area contributed by atoms with E-state index in [0.717, 1.165) is 19.3 Å². The summed E-state index contributed by atoms with van der Waals surface area (Å²) in [6, 6.07) is 0. The molecule has 3 unspecified atom stereocenters. The highest BCUT2D eigenvalue weighted by Gasteiger charge is 2.49. The highest BCUT2D eigenvalue weighted by molar-refractivity contribution is 6.05. The van der Waals surface area contributed by atoms with E-state index in [-0.39, 0.29) is 29.6 Å². The molecule has 16 heavy (non-hydrogen) atoms. The molecule has 1 heterocycles. The smallest absolute Gasteiger partial charge is 0.233 e. The number of amides is 2. The zero-order chi connectivity index (χ0) is 11.7. The number of likely N-dealkylation sites (tertiary alicyclic amines) is 1. The second kappa shape index (κ2) is 4.40. The van der Waals surface area contributed by atoms with Gasteiger partial charge in [0.1, 0.15) is 0 Å². The SMILES string of the molecule is CCCC1C=CCC2C(=O)N(CC)C(=O)C12. The molecular formula is C13H19NO2. The van der Waals surface area contributed by atoms with Crippen molar-refractivity contribution in [3.05, 3.63) is 12.2 Å². The monoisotopic (exact) mass is 221 g/mol. The first kappa shape index (κ1) is 11.4. The van der Waals surface area contributed by atoms with E-state index in [9.17, 15) is 9.59 Å². The van der Waals surface area contributed by atoms with Gasteiger partial charge in [0.25, 0.3) is 0 Å². The van der Waals surface area contributed by atoms with Crippen molar-refractivity contribution in [1.82, 2.24) is 4.90 Å². The minimum atomic E-state index is -0.0750. The van der Waals surface area contributed by atoms with Gasteiger partial charge in [-0.05, 0) is 25.7 Å². The highest BCUT2D eigenvalue weighted by atomic mass is 16.2. The average Bonchev–Trinajstić information content (AvgIpc) is 2.53. The van der Waals surface area contributed by atoms with Crippen molar-refractivity contribution in [2.75, 3.05) is 6.54 Å². The molecule has 2 rings (SSSR count). The quantitative estimate of drug-likeness (QED) is 0.540. The lowest BCUT2D eigenvalue weighted by molar-refractivity contribution is -0.139. The summed E-state index contributed by atoms with van der Waals surface area (Å²) in [6.45, 7) is 4.51. The van der Waals surface area contributed by atoms with Crippen LogP contribution >= 0.6 is 0 Å². The van der Waals surface area contributed by atoms with Gasteiger partial charge < -0.3 is 0 Å². The maximum atomic E-state index is 12.1. The van der Waals surface area contributed by atoms with Crippen LogP contribution < -0.4 is 0 Å². The topological polar surface area (TPSA) is 37.4 Å². The largest absolute Gasteiger partial charge is 0.282 e. The van der Waals surface area contributed by atoms with Gasteiger partial charge in [0, 0.05) is 6.54 Å². The number of allylic oxidation sites excluding steroid dienone is 2. The molecule has 0 bridgehead atoms. The fourth-order valence-electron chi connectivity index (χ4n) is 2.98. The summed E-state index contributed by atoms with van der Waals surface area (Å²) in [4.78, 5) is 25.6. The number of nitrogens with zero attached hydrogens (tertiary/aromatic N) is 1. The Kier molecular flexibility index (Phi) is 3.13. The third kappa shape index (κ3) is 1.58. The number of rotatable bonds is 3. The molecule has 0 radical (unpaired) electrons. The molecular weight excluding hydrogens is 202 g/mol. The molecule has 0 aromatic heterocycles. The van der Waals surface area contributed by atoms with Crippen molar-refractivity contribution in [3.63, 3.8) is 0 Å². The molecule has 3 heteroatoms. The van der Waals surface area contributed by atoms with Crippen LogP contribution in [-0.4, -0.2) is 23.3 Å². The van der Waals surface area contributed by atoms with E-state index in [1.807, 2.05) is 6.92 Å². The number of hydrogen-bond acceptors (Lipinski definition) is 2. The van der Waals surface area contributed by atoms with Crippen LogP contribution in [0, 0.1) is 17.8 Å². The van der Waals surface area contributed by atoms with Crippen molar-refractivity contribution in [2.45, 2.75) is 33.1 Å². The Balaban J connectivity index is 2.25. The van der Waals surface area contributed by atoms with E-state index in [4.69, 9.17) is 0 Å². The van der Waals surface area contributed by atoms with Gasteiger partial charge >= 0.3 is 0 Å². The van der Waals surface area contributed by atoms with E-state index in [1.165, 1.54) is 4.90 Å². The normalized spacial score (nSPS) is 33.4. The molecule has 0 aromatic rings. The van der Waals surface area contributed by atoms with Crippen LogP contribution in [0.1, 0.15) is 33.1 Å². The number of carbonyl (C=O) groups is 2. The third-order valence-electron chi connectivity index (χ3n) is 3.74. The molecule has 0 aromatic carbocycles. The molecule has 0 N–H and O–H groups in total. The molecule has 3 nitrogen and oxygen atoms in total. The first-order chi connectivity index (χ1) is 7.70. The van der Waals surface area contributed by atoms with Crippen molar-refractivity contribution >= 4 is 11.8 Å². The van der Waals surface area contributed by atoms with Gasteiger partial charge in [0.15, 0.2) is 0 Å². The van der Waals surface area contributed by atoms with Crippen LogP contribution in [0.5, 0.6) is 0 Å². The van der Waals surface area contributed by atoms with Gasteiger partial charge in [-0.25, -0.2) is 0 Å². The molecule has 0 saturated carbocycles. The Morgan fingerprint density at radius 2 is 2.06 bits per heavy atom. The van der Waals surface area contributed by atoms with Crippen LogP contribution in [-0.2, 0) is 9.59 Å². The molecule has 1 aliphatic heterocycles. The first-order valence-electron chi connectivity index (χ1n) is 6.22. The molecule has 1 aliphatic carbocycles. The van der Waals surface area contributed by atoms with Crippen molar-refractivity contribution in [3.8, 4) is 0 Å². The Labute approximate surface area is 96.5 Å². The van der Waals surface area contributed by atoms with Crippen LogP contribution in [0.15, 0.2) is 12.2 Å². The second-order valence-electron chi connectivity index (χ2n) is 4.67. The number of hydrogen-bond donors (Lipinski definition) is 0. The Morgan fingerprint density at radius 1 is 1.31 bits per heavy atom. The predicted octanol–water partition coefficient (Wildman–Crippen LogP) is 1.98. The molecule has 88 valence electrons. The second-order valence-corrected chi connectivity index (χ2v) is 4.67. The summed E-state index contributed by atoms with van der Waals surface area (Å²) in [5.41, 5.74) is 0. The van der Waals surface area contributed by atoms with Gasteiger partial charge in [-0.2, -0.15) is 0 Å². The average molecular weight is 221 g/mol. The molecule has 1 fully saturated rings. The lowest BCUT2D eigenvalue weighted by atomic mass is 9.75. The fourth-order valence-corrected chi connectivity index (χ4v) is 2.98. The Hall–Kier alpha value is -1.12. The van der Waals surface area contributed by atoms with Crippen LogP contribution in [0.2, 0.25) is 0 Å². The summed E-state index contributed by atoms with van der Waals surface area (Å²) in [6.07, 6.45) is 7.02. The van der Waals surface area contributed by atoms with E-state index in [0.29, 0.717) is 6.54 Å². The van der Waals surface area contributed by atoms with Crippen LogP contribution in [0.25, 0.3) is 0 Å². The van der Waals surface area contributed by atoms with Crippen LogP contribution in [0.4, 0.5) is 0 Å². The van der Waals surface area contributed by atoms with E-state index >= 15 is 0 Å². The zero-order valence-corrected chi connectivity index (χ0v) is 9.98. The lowest BCUT2D eigenvalue weighted by Crippen LogP contribution is -2.31. The lowest BCUT2D eigenvalue weighted by Gasteiger charge is -2.25. The van der Waals surface area contributed by atoms with Gasteiger partial charge in [-0.15, -0.1) is 0 Å². The molecule has 1 saturated heterocycles. The number of carbonyl (C=O) groups excluding carboxylic acids is 2. The number of imide groups is 1. The molecule has 3 atom stereocenters. The molecule has 2 aliphatic rings. The maximum Gasteiger partial charge on any atom is 0.233 e. The van der Waals surface area contributed by atoms with Crippen molar-refractivity contribution in [2.24, 2.45) is 17.8 Å². The predicted molar refractivity (Wildman–Crippen MR) is 61.5 cm³/mol. The minimum Gasteiger partial charge on any atom is -0.282 e. The summed E-state index contributed by atoms with van der Waals surface area (Å²) < 4.78 is 0. The summed E-state index contributed by atoms with van der Waals surface area (Å²) in [5, 5.41) is 0. The van der Waals surface area contributed by atoms with Crippen LogP contribution in [0.3, 0.4) is 0 Å². The fraction of sp³-hybridized carbons (Fsp3) is 0.692. The van der Waals surface area contributed by atoms with Gasteiger partial charge in [-0.1, -0.05) is 25.5 Å². The standard InChI is InChI=1S/C13H19NO2/c1-3-6-9-7-5-8-10-11(9)13(16)14(4-2)12(10)15/h5,7,9-11H,3-4,6,8H2,1-2H3.